The van der Waals surface area contributed by atoms with Crippen molar-refractivity contribution in [2.45, 2.75) is 32.4 Å². The molecule has 1 aliphatic heterocycles. The molecule has 27 heavy (non-hydrogen) atoms. The third-order valence-electron chi connectivity index (χ3n) is 4.07. The summed E-state index contributed by atoms with van der Waals surface area (Å²) in [4.78, 5) is 47.7. The van der Waals surface area contributed by atoms with Crippen LogP contribution in [0.25, 0.3) is 0 Å². The fourth-order valence-electron chi connectivity index (χ4n) is 2.86. The van der Waals surface area contributed by atoms with E-state index in [1.165, 1.54) is 31.2 Å². The quantitative estimate of drug-likeness (QED) is 0.329. The Labute approximate surface area is 155 Å². The number of nitro benzene ring substituents is 1. The van der Waals surface area contributed by atoms with Gasteiger partial charge in [-0.1, -0.05) is 12.1 Å². The summed E-state index contributed by atoms with van der Waals surface area (Å²) in [6, 6.07) is 4.70. The van der Waals surface area contributed by atoms with Crippen molar-refractivity contribution in [2.75, 3.05) is 13.2 Å². The molecule has 144 valence electrons. The van der Waals surface area contributed by atoms with Crippen LogP contribution in [0.5, 0.6) is 0 Å². The number of hydrogen-bond donors (Lipinski definition) is 1. The van der Waals surface area contributed by atoms with Crippen molar-refractivity contribution in [3.63, 3.8) is 0 Å². The van der Waals surface area contributed by atoms with E-state index in [4.69, 9.17) is 9.47 Å². The number of esters is 2. The fraction of sp³-hybridized carbons (Fsp3) is 0.389. The lowest BCUT2D eigenvalue weighted by atomic mass is 9.97. The standard InChI is InChI=1S/C18H20N2O7/c1-4-26-16(22)18(17(23)27-5-2)10-14(11(3)21)15(19-18)12-7-6-8-13(9-12)20(24)25/h6-10,15,19H,4-5H2,1-3H3/t15-/m1/s1. The van der Waals surface area contributed by atoms with E-state index in [1.807, 2.05) is 0 Å². The van der Waals surface area contributed by atoms with E-state index in [-0.39, 0.29) is 24.5 Å². The van der Waals surface area contributed by atoms with Crippen molar-refractivity contribution in [1.29, 1.82) is 0 Å². The number of nitrogens with one attached hydrogen (secondary N) is 1. The first-order valence-electron chi connectivity index (χ1n) is 8.37. The molecule has 0 unspecified atom stereocenters. The molecule has 0 saturated carbocycles. The Kier molecular flexibility index (Phi) is 6.06. The van der Waals surface area contributed by atoms with E-state index < -0.39 is 34.2 Å². The Morgan fingerprint density at radius 1 is 1.19 bits per heavy atom. The molecule has 1 aliphatic rings. The van der Waals surface area contributed by atoms with Crippen molar-refractivity contribution in [3.05, 3.63) is 51.6 Å². The van der Waals surface area contributed by atoms with Crippen molar-refractivity contribution in [3.8, 4) is 0 Å². The molecule has 0 spiro atoms. The summed E-state index contributed by atoms with van der Waals surface area (Å²) in [6.07, 6.45) is 1.19. The summed E-state index contributed by atoms with van der Waals surface area (Å²) in [5.74, 6) is -2.21. The van der Waals surface area contributed by atoms with Crippen LogP contribution in [0.3, 0.4) is 0 Å². The van der Waals surface area contributed by atoms with Crippen molar-refractivity contribution >= 4 is 23.4 Å². The molecule has 0 aromatic heterocycles. The van der Waals surface area contributed by atoms with Gasteiger partial charge in [-0.05, 0) is 32.4 Å². The van der Waals surface area contributed by atoms with E-state index in [0.717, 1.165) is 0 Å². The van der Waals surface area contributed by atoms with Gasteiger partial charge in [0.15, 0.2) is 5.78 Å². The van der Waals surface area contributed by atoms with Gasteiger partial charge in [-0.25, -0.2) is 9.59 Å². The second kappa shape index (κ2) is 8.09. The Bertz CT molecular complexity index is 798. The third kappa shape index (κ3) is 3.87. The molecule has 9 heteroatoms. The molecule has 1 heterocycles. The number of ketones is 1. The second-order valence-corrected chi connectivity index (χ2v) is 5.83. The summed E-state index contributed by atoms with van der Waals surface area (Å²) in [5.41, 5.74) is -1.69. The highest BCUT2D eigenvalue weighted by atomic mass is 16.6. The van der Waals surface area contributed by atoms with E-state index in [9.17, 15) is 24.5 Å². The van der Waals surface area contributed by atoms with E-state index in [2.05, 4.69) is 5.32 Å². The fourth-order valence-corrected chi connectivity index (χ4v) is 2.86. The van der Waals surface area contributed by atoms with Crippen LogP contribution >= 0.6 is 0 Å². The normalized spacial score (nSPS) is 17.7. The van der Waals surface area contributed by atoms with Gasteiger partial charge in [0.2, 0.25) is 5.54 Å². The summed E-state index contributed by atoms with van der Waals surface area (Å²) in [5, 5.41) is 13.9. The molecule has 1 aromatic rings. The van der Waals surface area contributed by atoms with Crippen molar-refractivity contribution in [2.24, 2.45) is 0 Å². The van der Waals surface area contributed by atoms with Crippen LogP contribution in [-0.2, 0) is 23.9 Å². The smallest absolute Gasteiger partial charge is 0.342 e. The molecule has 9 nitrogen and oxygen atoms in total. The zero-order valence-corrected chi connectivity index (χ0v) is 15.2. The average Bonchev–Trinajstić information content (AvgIpc) is 3.05. The molecule has 0 radical (unpaired) electrons. The zero-order chi connectivity index (χ0) is 20.2. The summed E-state index contributed by atoms with van der Waals surface area (Å²) >= 11 is 0. The van der Waals surface area contributed by atoms with E-state index in [0.29, 0.717) is 5.56 Å². The minimum atomic E-state index is -2.00. The highest BCUT2D eigenvalue weighted by Crippen LogP contribution is 2.36. The average molecular weight is 376 g/mol. The van der Waals surface area contributed by atoms with Gasteiger partial charge in [-0.15, -0.1) is 0 Å². The number of non-ortho nitro benzene ring substituents is 1. The van der Waals surface area contributed by atoms with Gasteiger partial charge in [0.25, 0.3) is 5.69 Å². The molecule has 0 bridgehead atoms. The lowest BCUT2D eigenvalue weighted by Gasteiger charge is -2.25. The number of hydrogen-bond acceptors (Lipinski definition) is 8. The predicted molar refractivity (Wildman–Crippen MR) is 93.7 cm³/mol. The number of ether oxygens (including phenoxy) is 2. The minimum absolute atomic E-state index is 0.0202. The van der Waals surface area contributed by atoms with Gasteiger partial charge in [-0.2, -0.15) is 0 Å². The lowest BCUT2D eigenvalue weighted by Crippen LogP contribution is -2.56. The summed E-state index contributed by atoms with van der Waals surface area (Å²) in [7, 11) is 0. The van der Waals surface area contributed by atoms with Crippen LogP contribution in [0.15, 0.2) is 35.9 Å². The molecule has 1 N–H and O–H groups in total. The lowest BCUT2D eigenvalue weighted by molar-refractivity contribution is -0.384. The molecule has 0 fully saturated rings. The molecule has 1 atom stereocenters. The van der Waals surface area contributed by atoms with Crippen LogP contribution in [0.1, 0.15) is 32.4 Å². The van der Waals surface area contributed by atoms with Crippen LogP contribution in [0.2, 0.25) is 0 Å². The Balaban J connectivity index is 2.56. The molecule has 2 rings (SSSR count). The Morgan fingerprint density at radius 3 is 2.26 bits per heavy atom. The number of nitro groups is 1. The molecule has 0 amide bonds. The number of rotatable bonds is 7. The topological polar surface area (TPSA) is 125 Å². The van der Waals surface area contributed by atoms with E-state index >= 15 is 0 Å². The van der Waals surface area contributed by atoms with Gasteiger partial charge < -0.3 is 9.47 Å². The maximum Gasteiger partial charge on any atom is 0.342 e. The molecular formula is C18H20N2O7. The van der Waals surface area contributed by atoms with Crippen LogP contribution in [-0.4, -0.2) is 41.4 Å². The van der Waals surface area contributed by atoms with Crippen LogP contribution in [0.4, 0.5) is 5.69 Å². The van der Waals surface area contributed by atoms with Gasteiger partial charge in [0.1, 0.15) is 0 Å². The Hall–Kier alpha value is -3.07. The number of benzene rings is 1. The Morgan fingerprint density at radius 2 is 1.78 bits per heavy atom. The highest BCUT2D eigenvalue weighted by molar-refractivity contribution is 6.11. The number of nitrogens with zero attached hydrogens (tertiary/aromatic N) is 1. The number of carbonyl (C=O) groups excluding carboxylic acids is 3. The second-order valence-electron chi connectivity index (χ2n) is 5.83. The number of carbonyl (C=O) groups is 3. The maximum atomic E-state index is 12.6. The SMILES string of the molecule is CCOC(=O)C1(C(=O)OCC)C=C(C(C)=O)[C@@H](c2cccc([N+](=O)[O-])c2)N1. The predicted octanol–water partition coefficient (Wildman–Crippen LogP) is 1.62. The first kappa shape index (κ1) is 20.2. The summed E-state index contributed by atoms with van der Waals surface area (Å²) < 4.78 is 10.0. The van der Waals surface area contributed by atoms with Crippen LogP contribution in [0, 0.1) is 10.1 Å². The monoisotopic (exact) mass is 376 g/mol. The van der Waals surface area contributed by atoms with Gasteiger partial charge in [-0.3, -0.25) is 20.2 Å². The van der Waals surface area contributed by atoms with Gasteiger partial charge in [0, 0.05) is 17.7 Å². The van der Waals surface area contributed by atoms with Crippen molar-refractivity contribution in [1.82, 2.24) is 5.32 Å². The minimum Gasteiger partial charge on any atom is -0.464 e. The van der Waals surface area contributed by atoms with E-state index in [1.54, 1.807) is 19.9 Å². The molecule has 0 saturated heterocycles. The van der Waals surface area contributed by atoms with Gasteiger partial charge >= 0.3 is 11.9 Å². The number of Topliss-reactive ketones (excluding diaryl/α,β-unsaturated/α-hetero) is 1. The van der Waals surface area contributed by atoms with Crippen LogP contribution < -0.4 is 5.32 Å². The first-order chi connectivity index (χ1) is 12.8. The van der Waals surface area contributed by atoms with Crippen molar-refractivity contribution < 1.29 is 28.8 Å². The zero-order valence-electron chi connectivity index (χ0n) is 15.2. The van der Waals surface area contributed by atoms with Gasteiger partial charge in [0.05, 0.1) is 24.2 Å². The largest absolute Gasteiger partial charge is 0.464 e. The molecule has 0 aliphatic carbocycles. The molecular weight excluding hydrogens is 356 g/mol. The third-order valence-corrected chi connectivity index (χ3v) is 4.07. The maximum absolute atomic E-state index is 12.6. The first-order valence-corrected chi connectivity index (χ1v) is 8.37. The highest BCUT2D eigenvalue weighted by Gasteiger charge is 2.54. The molecule has 1 aromatic carbocycles. The summed E-state index contributed by atoms with van der Waals surface area (Å²) in [6.45, 7) is 4.49.